The quantitative estimate of drug-likeness (QED) is 0.832. The van der Waals surface area contributed by atoms with Gasteiger partial charge in [-0.2, -0.15) is 0 Å². The molecular formula is C22H23NO4. The van der Waals surface area contributed by atoms with Crippen molar-refractivity contribution < 1.29 is 19.1 Å². The van der Waals surface area contributed by atoms with Gasteiger partial charge in [-0.15, -0.1) is 0 Å². The Bertz CT molecular complexity index is 851. The fourth-order valence-corrected chi connectivity index (χ4v) is 3.88. The number of ether oxygens (including phenoxy) is 2. The van der Waals surface area contributed by atoms with Crippen LogP contribution in [0.2, 0.25) is 0 Å². The number of carbonyl (C=O) groups excluding carboxylic acids is 2. The molecule has 27 heavy (non-hydrogen) atoms. The van der Waals surface area contributed by atoms with Crippen molar-refractivity contribution in [1.29, 1.82) is 0 Å². The maximum atomic E-state index is 12.8. The third-order valence-corrected chi connectivity index (χ3v) is 5.37. The molecule has 1 spiro atoms. The van der Waals surface area contributed by atoms with Crippen LogP contribution < -0.4 is 9.47 Å². The minimum atomic E-state index is -0.485. The van der Waals surface area contributed by atoms with Gasteiger partial charge in [-0.25, -0.2) is 0 Å². The fraction of sp³-hybridized carbons (Fsp3) is 0.364. The van der Waals surface area contributed by atoms with Crippen LogP contribution in [0.3, 0.4) is 0 Å². The van der Waals surface area contributed by atoms with Crippen molar-refractivity contribution in [2.75, 3.05) is 19.7 Å². The zero-order chi connectivity index (χ0) is 18.9. The molecule has 0 radical (unpaired) electrons. The van der Waals surface area contributed by atoms with Crippen molar-refractivity contribution in [3.8, 4) is 11.5 Å². The molecule has 2 aliphatic rings. The number of benzene rings is 2. The number of carbonyl (C=O) groups is 2. The molecule has 5 nitrogen and oxygen atoms in total. The topological polar surface area (TPSA) is 55.8 Å². The lowest BCUT2D eigenvalue weighted by atomic mass is 9.82. The number of Topliss-reactive ketones (excluding diaryl/α,β-unsaturated/α-hetero) is 1. The van der Waals surface area contributed by atoms with Gasteiger partial charge in [0.1, 0.15) is 17.1 Å². The second kappa shape index (κ2) is 7.06. The number of hydrogen-bond donors (Lipinski definition) is 0. The van der Waals surface area contributed by atoms with Crippen LogP contribution in [0.5, 0.6) is 11.5 Å². The van der Waals surface area contributed by atoms with Gasteiger partial charge < -0.3 is 14.4 Å². The number of hydrogen-bond acceptors (Lipinski definition) is 4. The summed E-state index contributed by atoms with van der Waals surface area (Å²) in [4.78, 5) is 27.1. The first-order valence-corrected chi connectivity index (χ1v) is 9.44. The first kappa shape index (κ1) is 17.6. The Balaban J connectivity index is 1.43. The van der Waals surface area contributed by atoms with Crippen LogP contribution in [0.15, 0.2) is 48.5 Å². The van der Waals surface area contributed by atoms with E-state index in [4.69, 9.17) is 9.47 Å². The van der Waals surface area contributed by atoms with Gasteiger partial charge in [0, 0.05) is 31.5 Å². The van der Waals surface area contributed by atoms with E-state index in [0.29, 0.717) is 55.8 Å². The third kappa shape index (κ3) is 3.42. The van der Waals surface area contributed by atoms with Crippen molar-refractivity contribution in [2.45, 2.75) is 31.8 Å². The Hall–Kier alpha value is -2.82. The summed E-state index contributed by atoms with van der Waals surface area (Å²) < 4.78 is 11.7. The minimum Gasteiger partial charge on any atom is -0.494 e. The molecule has 0 aromatic heterocycles. The highest BCUT2D eigenvalue weighted by Gasteiger charge is 2.43. The molecule has 140 valence electrons. The molecule has 0 atom stereocenters. The Morgan fingerprint density at radius 2 is 1.81 bits per heavy atom. The van der Waals surface area contributed by atoms with Crippen LogP contribution in [0, 0.1) is 0 Å². The molecule has 1 amide bonds. The molecule has 1 fully saturated rings. The average molecular weight is 365 g/mol. The molecule has 2 aromatic rings. The Labute approximate surface area is 158 Å². The maximum Gasteiger partial charge on any atom is 0.253 e. The van der Waals surface area contributed by atoms with E-state index >= 15 is 0 Å². The summed E-state index contributed by atoms with van der Waals surface area (Å²) in [6.07, 6.45) is 1.71. The maximum absolute atomic E-state index is 12.8. The predicted octanol–water partition coefficient (Wildman–Crippen LogP) is 3.73. The predicted molar refractivity (Wildman–Crippen MR) is 101 cm³/mol. The van der Waals surface area contributed by atoms with Crippen molar-refractivity contribution in [3.05, 3.63) is 59.7 Å². The monoisotopic (exact) mass is 365 g/mol. The van der Waals surface area contributed by atoms with E-state index < -0.39 is 5.60 Å². The van der Waals surface area contributed by atoms with Gasteiger partial charge in [0.25, 0.3) is 5.91 Å². The van der Waals surface area contributed by atoms with Gasteiger partial charge in [-0.1, -0.05) is 12.1 Å². The molecule has 1 saturated heterocycles. The Kier molecular flexibility index (Phi) is 4.60. The molecule has 0 aliphatic carbocycles. The van der Waals surface area contributed by atoms with Gasteiger partial charge in [0.2, 0.25) is 0 Å². The summed E-state index contributed by atoms with van der Waals surface area (Å²) >= 11 is 0. The lowest BCUT2D eigenvalue weighted by Gasteiger charge is -2.44. The van der Waals surface area contributed by atoms with Gasteiger partial charge in [-0.3, -0.25) is 9.59 Å². The molecule has 2 heterocycles. The number of amides is 1. The second-order valence-corrected chi connectivity index (χ2v) is 7.13. The lowest BCUT2D eigenvalue weighted by molar-refractivity contribution is -0.00570. The zero-order valence-electron chi connectivity index (χ0n) is 15.4. The van der Waals surface area contributed by atoms with E-state index in [1.807, 2.05) is 48.2 Å². The van der Waals surface area contributed by atoms with Crippen molar-refractivity contribution in [2.24, 2.45) is 0 Å². The number of piperidine rings is 1. The largest absolute Gasteiger partial charge is 0.494 e. The zero-order valence-corrected chi connectivity index (χ0v) is 15.4. The highest BCUT2D eigenvalue weighted by Crippen LogP contribution is 2.39. The fourth-order valence-electron chi connectivity index (χ4n) is 3.88. The highest BCUT2D eigenvalue weighted by molar-refractivity contribution is 6.00. The summed E-state index contributed by atoms with van der Waals surface area (Å²) in [5, 5.41) is 0. The summed E-state index contributed by atoms with van der Waals surface area (Å²) in [6, 6.07) is 14.7. The number of ketones is 1. The lowest BCUT2D eigenvalue weighted by Crippen LogP contribution is -2.52. The van der Waals surface area contributed by atoms with Gasteiger partial charge in [0.15, 0.2) is 5.78 Å². The van der Waals surface area contributed by atoms with E-state index in [9.17, 15) is 9.59 Å². The molecule has 0 unspecified atom stereocenters. The second-order valence-electron chi connectivity index (χ2n) is 7.13. The van der Waals surface area contributed by atoms with E-state index in [0.717, 1.165) is 5.75 Å². The van der Waals surface area contributed by atoms with Crippen molar-refractivity contribution >= 4 is 11.7 Å². The first-order chi connectivity index (χ1) is 13.1. The van der Waals surface area contributed by atoms with Gasteiger partial charge in [-0.05, 0) is 43.3 Å². The molecule has 0 bridgehead atoms. The molecule has 5 heteroatoms. The van der Waals surface area contributed by atoms with Crippen LogP contribution in [0.25, 0.3) is 0 Å². The number of fused-ring (bicyclic) bond motifs is 1. The average Bonchev–Trinajstić information content (AvgIpc) is 2.69. The minimum absolute atomic E-state index is 0.00966. The number of nitrogens with zero attached hydrogens (tertiary/aromatic N) is 1. The summed E-state index contributed by atoms with van der Waals surface area (Å²) in [6.45, 7) is 3.70. The highest BCUT2D eigenvalue weighted by atomic mass is 16.5. The van der Waals surface area contributed by atoms with Gasteiger partial charge >= 0.3 is 0 Å². The molecule has 2 aliphatic heterocycles. The Morgan fingerprint density at radius 1 is 1.11 bits per heavy atom. The number of rotatable bonds is 3. The Morgan fingerprint density at radius 3 is 2.52 bits per heavy atom. The van der Waals surface area contributed by atoms with Gasteiger partial charge in [0.05, 0.1) is 18.6 Å². The molecular weight excluding hydrogens is 342 g/mol. The molecule has 0 saturated carbocycles. The smallest absolute Gasteiger partial charge is 0.253 e. The van der Waals surface area contributed by atoms with Crippen LogP contribution in [0.4, 0.5) is 0 Å². The number of para-hydroxylation sites is 1. The van der Waals surface area contributed by atoms with Crippen LogP contribution in [-0.2, 0) is 0 Å². The first-order valence-electron chi connectivity index (χ1n) is 9.44. The SMILES string of the molecule is CCOc1ccc(C(=O)N2CCC3(CC2)CC(=O)c2ccccc2O3)cc1. The number of likely N-dealkylation sites (tertiary alicyclic amines) is 1. The van der Waals surface area contributed by atoms with Crippen molar-refractivity contribution in [3.63, 3.8) is 0 Å². The summed E-state index contributed by atoms with van der Waals surface area (Å²) in [5.74, 6) is 1.57. The van der Waals surface area contributed by atoms with E-state index in [2.05, 4.69) is 0 Å². The standard InChI is InChI=1S/C22H23NO4/c1-2-26-17-9-7-16(8-10-17)21(25)23-13-11-22(12-14-23)15-19(24)18-5-3-4-6-20(18)27-22/h3-10H,2,11-15H2,1H3. The summed E-state index contributed by atoms with van der Waals surface area (Å²) in [7, 11) is 0. The normalized spacial score (nSPS) is 18.0. The molecule has 0 N–H and O–H groups in total. The third-order valence-electron chi connectivity index (χ3n) is 5.37. The molecule has 4 rings (SSSR count). The van der Waals surface area contributed by atoms with E-state index in [-0.39, 0.29) is 11.7 Å². The van der Waals surface area contributed by atoms with E-state index in [1.165, 1.54) is 0 Å². The van der Waals surface area contributed by atoms with E-state index in [1.54, 1.807) is 12.1 Å². The summed E-state index contributed by atoms with van der Waals surface area (Å²) in [5.41, 5.74) is 0.831. The molecule has 2 aromatic carbocycles. The van der Waals surface area contributed by atoms with Crippen molar-refractivity contribution in [1.82, 2.24) is 4.90 Å². The van der Waals surface area contributed by atoms with Crippen LogP contribution >= 0.6 is 0 Å². The van der Waals surface area contributed by atoms with Crippen LogP contribution in [-0.4, -0.2) is 41.9 Å². The van der Waals surface area contributed by atoms with Crippen LogP contribution in [0.1, 0.15) is 46.9 Å².